The average Bonchev–Trinajstić information content (AvgIpc) is 3.40. The average molecular weight is 536 g/mol. The lowest BCUT2D eigenvalue weighted by molar-refractivity contribution is -0.119. The molecule has 3 heterocycles. The van der Waals surface area contributed by atoms with Gasteiger partial charge in [0.2, 0.25) is 5.91 Å². The number of nitrogens with two attached hydrogens (primary N) is 1. The second-order valence-corrected chi connectivity index (χ2v) is 9.26. The Hall–Kier alpha value is -4.44. The second kappa shape index (κ2) is 11.3. The van der Waals surface area contributed by atoms with Crippen LogP contribution >= 0.6 is 11.6 Å². The van der Waals surface area contributed by atoms with Crippen LogP contribution in [0.4, 0.5) is 5.69 Å². The fourth-order valence-corrected chi connectivity index (χ4v) is 4.26. The normalized spacial score (nSPS) is 11.8. The van der Waals surface area contributed by atoms with Crippen molar-refractivity contribution in [2.45, 2.75) is 32.2 Å². The van der Waals surface area contributed by atoms with Gasteiger partial charge in [-0.1, -0.05) is 31.5 Å². The highest BCUT2D eigenvalue weighted by molar-refractivity contribution is 6.30. The Morgan fingerprint density at radius 2 is 1.95 bits per heavy atom. The largest absolute Gasteiger partial charge is 0.495 e. The molecule has 1 atom stereocenters. The number of anilines is 1. The quantitative estimate of drug-likeness (QED) is 0.327. The molecule has 0 spiro atoms. The summed E-state index contributed by atoms with van der Waals surface area (Å²) in [5, 5.41) is 3.24. The lowest BCUT2D eigenvalue weighted by Gasteiger charge is -2.21. The van der Waals surface area contributed by atoms with Gasteiger partial charge in [0, 0.05) is 16.7 Å². The zero-order valence-corrected chi connectivity index (χ0v) is 21.7. The highest BCUT2D eigenvalue weighted by atomic mass is 35.5. The fraction of sp³-hybridized carbons (Fsp3) is 0.222. The zero-order chi connectivity index (χ0) is 27.4. The molecular weight excluding hydrogens is 510 g/mol. The molecule has 0 aliphatic carbocycles. The number of halogens is 1. The van der Waals surface area contributed by atoms with Gasteiger partial charge in [0.15, 0.2) is 5.89 Å². The van der Waals surface area contributed by atoms with E-state index in [1.54, 1.807) is 12.1 Å². The minimum atomic E-state index is -1.05. The van der Waals surface area contributed by atoms with Crippen LogP contribution in [-0.2, 0) is 11.2 Å². The van der Waals surface area contributed by atoms with Crippen molar-refractivity contribution in [1.82, 2.24) is 14.5 Å². The molecule has 4 aromatic rings. The Labute approximate surface area is 223 Å². The highest BCUT2D eigenvalue weighted by Crippen LogP contribution is 2.36. The first kappa shape index (κ1) is 26.6. The lowest BCUT2D eigenvalue weighted by Crippen LogP contribution is -2.34. The number of rotatable bonds is 9. The van der Waals surface area contributed by atoms with Crippen LogP contribution in [-0.4, -0.2) is 33.5 Å². The summed E-state index contributed by atoms with van der Waals surface area (Å²) in [4.78, 5) is 46.3. The third-order valence-corrected chi connectivity index (χ3v) is 6.20. The molecule has 0 bridgehead atoms. The molecule has 10 nitrogen and oxygen atoms in total. The zero-order valence-electron chi connectivity index (χ0n) is 21.0. The van der Waals surface area contributed by atoms with Crippen LogP contribution in [0, 0.1) is 0 Å². The van der Waals surface area contributed by atoms with Gasteiger partial charge in [-0.05, 0) is 41.3 Å². The van der Waals surface area contributed by atoms with Crippen molar-refractivity contribution in [2.24, 2.45) is 5.73 Å². The Balaban J connectivity index is 1.77. The Morgan fingerprint density at radius 1 is 1.16 bits per heavy atom. The van der Waals surface area contributed by atoms with Crippen molar-refractivity contribution in [3.63, 3.8) is 0 Å². The van der Waals surface area contributed by atoms with Crippen LogP contribution in [0.1, 0.15) is 47.7 Å². The highest BCUT2D eigenvalue weighted by Gasteiger charge is 2.26. The lowest BCUT2D eigenvalue weighted by atomic mass is 9.92. The number of benzene rings is 1. The number of methoxy groups -OCH3 is 1. The number of primary amides is 1. The van der Waals surface area contributed by atoms with E-state index in [1.165, 1.54) is 54.7 Å². The molecule has 0 radical (unpaired) electrons. The molecular formula is C27H26ClN5O5. The van der Waals surface area contributed by atoms with Gasteiger partial charge < -0.3 is 20.2 Å². The number of carbonyl (C=O) groups excluding carboxylic acids is 2. The summed E-state index contributed by atoms with van der Waals surface area (Å²) in [7, 11) is 1.49. The minimum Gasteiger partial charge on any atom is -0.495 e. The summed E-state index contributed by atoms with van der Waals surface area (Å²) in [5.74, 6) is -0.415. The predicted octanol–water partition coefficient (Wildman–Crippen LogP) is 4.21. The van der Waals surface area contributed by atoms with Gasteiger partial charge in [-0.15, -0.1) is 0 Å². The molecule has 0 fully saturated rings. The van der Waals surface area contributed by atoms with Crippen molar-refractivity contribution in [3.8, 4) is 16.9 Å². The van der Waals surface area contributed by atoms with Crippen LogP contribution in [0.5, 0.6) is 5.75 Å². The number of pyridine rings is 2. The first-order valence-corrected chi connectivity index (χ1v) is 12.1. The first-order chi connectivity index (χ1) is 18.2. The van der Waals surface area contributed by atoms with Gasteiger partial charge in [-0.25, -0.2) is 9.97 Å². The first-order valence-electron chi connectivity index (χ1n) is 11.7. The van der Waals surface area contributed by atoms with Gasteiger partial charge in [0.25, 0.3) is 11.5 Å². The van der Waals surface area contributed by atoms with Crippen molar-refractivity contribution in [1.29, 1.82) is 0 Å². The molecule has 0 saturated heterocycles. The number of nitrogens with zero attached hydrogens (tertiary/aromatic N) is 3. The van der Waals surface area contributed by atoms with E-state index in [2.05, 4.69) is 15.3 Å². The summed E-state index contributed by atoms with van der Waals surface area (Å²) in [6.07, 6.45) is 5.62. The van der Waals surface area contributed by atoms with Crippen LogP contribution < -0.4 is 21.3 Å². The van der Waals surface area contributed by atoms with E-state index in [9.17, 15) is 14.4 Å². The molecule has 1 unspecified atom stereocenters. The maximum Gasteiger partial charge on any atom is 0.267 e. The monoisotopic (exact) mass is 535 g/mol. The summed E-state index contributed by atoms with van der Waals surface area (Å²) >= 11 is 6.29. The van der Waals surface area contributed by atoms with E-state index in [0.717, 1.165) is 11.1 Å². The summed E-state index contributed by atoms with van der Waals surface area (Å²) < 4.78 is 12.3. The second-order valence-electron chi connectivity index (χ2n) is 8.82. The fourth-order valence-electron chi connectivity index (χ4n) is 4.09. The van der Waals surface area contributed by atoms with Gasteiger partial charge in [-0.3, -0.25) is 19.0 Å². The van der Waals surface area contributed by atoms with Gasteiger partial charge in [-0.2, -0.15) is 0 Å². The van der Waals surface area contributed by atoms with Gasteiger partial charge in [0.05, 0.1) is 37.8 Å². The van der Waals surface area contributed by atoms with Crippen LogP contribution in [0.3, 0.4) is 0 Å². The summed E-state index contributed by atoms with van der Waals surface area (Å²) in [6.45, 7) is 4.09. The smallest absolute Gasteiger partial charge is 0.267 e. The summed E-state index contributed by atoms with van der Waals surface area (Å²) in [5.41, 5.74) is 7.48. The van der Waals surface area contributed by atoms with Gasteiger partial charge >= 0.3 is 0 Å². The van der Waals surface area contributed by atoms with Crippen LogP contribution in [0.25, 0.3) is 11.1 Å². The third-order valence-electron chi connectivity index (χ3n) is 5.96. The molecule has 2 amide bonds. The number of ether oxygens (including phenoxy) is 1. The van der Waals surface area contributed by atoms with E-state index in [-0.39, 0.29) is 23.9 Å². The van der Waals surface area contributed by atoms with Crippen LogP contribution in [0.15, 0.2) is 70.5 Å². The molecule has 196 valence electrons. The van der Waals surface area contributed by atoms with Gasteiger partial charge in [0.1, 0.15) is 23.7 Å². The predicted molar refractivity (Wildman–Crippen MR) is 142 cm³/mol. The van der Waals surface area contributed by atoms with E-state index >= 15 is 0 Å². The molecule has 3 aromatic heterocycles. The number of nitrogens with one attached hydrogen (secondary N) is 1. The standard InChI is InChI=1S/C27H26ClN5O5/c1-15(2)18-6-4-16(28)10-19(18)20-11-25(34)33(14-23(20)37-3)22(12-24-30-8-9-38-24)27(36)32-17-5-7-21(26(29)35)31-13-17/h4-11,13-15,22H,12H2,1-3H3,(H2,29,35)(H,32,36). The molecule has 0 aliphatic heterocycles. The molecule has 0 saturated carbocycles. The molecule has 38 heavy (non-hydrogen) atoms. The minimum absolute atomic E-state index is 0.0115. The van der Waals surface area contributed by atoms with E-state index < -0.39 is 23.4 Å². The van der Waals surface area contributed by atoms with Crippen molar-refractivity contribution in [2.75, 3.05) is 12.4 Å². The topological polar surface area (TPSA) is 142 Å². The molecule has 11 heteroatoms. The Kier molecular flexibility index (Phi) is 7.92. The SMILES string of the molecule is COc1cn(C(Cc2ncco2)C(=O)Nc2ccc(C(N)=O)nc2)c(=O)cc1-c1cc(Cl)ccc1C(C)C. The van der Waals surface area contributed by atoms with Crippen molar-refractivity contribution < 1.29 is 18.7 Å². The number of aromatic nitrogens is 3. The van der Waals surface area contributed by atoms with Crippen LogP contribution in [0.2, 0.25) is 5.02 Å². The molecule has 3 N–H and O–H groups in total. The Bertz CT molecular complexity index is 1510. The maximum atomic E-state index is 13.5. The van der Waals surface area contributed by atoms with Crippen molar-refractivity contribution >= 4 is 29.1 Å². The number of amides is 2. The number of hydrogen-bond donors (Lipinski definition) is 2. The molecule has 1 aromatic carbocycles. The molecule has 4 rings (SSSR count). The third kappa shape index (κ3) is 5.76. The number of hydrogen-bond acceptors (Lipinski definition) is 7. The van der Waals surface area contributed by atoms with Crippen molar-refractivity contribution in [3.05, 3.63) is 93.8 Å². The summed E-state index contributed by atoms with van der Waals surface area (Å²) in [6, 6.07) is 8.77. The number of carbonyl (C=O) groups is 2. The number of oxazole rings is 1. The maximum absolute atomic E-state index is 13.5. The van der Waals surface area contributed by atoms with E-state index in [1.807, 2.05) is 19.9 Å². The van der Waals surface area contributed by atoms with E-state index in [0.29, 0.717) is 22.0 Å². The molecule has 0 aliphatic rings. The Morgan fingerprint density at radius 3 is 2.55 bits per heavy atom. The van der Waals surface area contributed by atoms with E-state index in [4.69, 9.17) is 26.5 Å².